The van der Waals surface area contributed by atoms with E-state index in [0.29, 0.717) is 30.5 Å². The minimum Gasteiger partial charge on any atom is -0.489 e. The first-order valence-electron chi connectivity index (χ1n) is 8.52. The number of ether oxygens (including phenoxy) is 2. The number of nitrogens with zero attached hydrogens (tertiary/aromatic N) is 2. The lowest BCUT2D eigenvalue weighted by atomic mass is 10.1. The number of esters is 1. The molecule has 0 fully saturated rings. The summed E-state index contributed by atoms with van der Waals surface area (Å²) < 4.78 is 10.6. The number of anilines is 1. The molecule has 1 N–H and O–H groups in total. The van der Waals surface area contributed by atoms with E-state index in [9.17, 15) is 4.79 Å². The second-order valence-corrected chi connectivity index (χ2v) is 6.31. The summed E-state index contributed by atoms with van der Waals surface area (Å²) in [5, 5.41) is 6.63. The van der Waals surface area contributed by atoms with Crippen molar-refractivity contribution in [1.82, 2.24) is 4.98 Å². The number of benzene rings is 1. The lowest BCUT2D eigenvalue weighted by Crippen LogP contribution is -2.07. The van der Waals surface area contributed by atoms with Gasteiger partial charge in [-0.1, -0.05) is 18.7 Å². The number of thiazole rings is 1. The van der Waals surface area contributed by atoms with Crippen molar-refractivity contribution < 1.29 is 14.3 Å². The number of carbonyl (C=O) groups excluding carboxylic acids is 1. The third-order valence-corrected chi connectivity index (χ3v) is 4.16. The van der Waals surface area contributed by atoms with E-state index in [1.165, 1.54) is 11.3 Å². The van der Waals surface area contributed by atoms with Crippen LogP contribution in [0.1, 0.15) is 23.7 Å². The number of hydrogen-bond acceptors (Lipinski definition) is 7. The largest absolute Gasteiger partial charge is 0.489 e. The van der Waals surface area contributed by atoms with Crippen LogP contribution in [0.2, 0.25) is 0 Å². The minimum atomic E-state index is -0.286. The fourth-order valence-corrected chi connectivity index (χ4v) is 2.90. The summed E-state index contributed by atoms with van der Waals surface area (Å²) in [4.78, 5) is 15.8. The zero-order valence-corrected chi connectivity index (χ0v) is 16.1. The van der Waals surface area contributed by atoms with Gasteiger partial charge in [-0.15, -0.1) is 17.9 Å². The van der Waals surface area contributed by atoms with E-state index in [4.69, 9.17) is 9.47 Å². The van der Waals surface area contributed by atoms with E-state index < -0.39 is 0 Å². The Morgan fingerprint density at radius 1 is 1.37 bits per heavy atom. The summed E-state index contributed by atoms with van der Waals surface area (Å²) in [7, 11) is 0. The first kappa shape index (κ1) is 20.4. The molecule has 0 bridgehead atoms. The zero-order valence-electron chi connectivity index (χ0n) is 15.3. The molecule has 27 heavy (non-hydrogen) atoms. The summed E-state index contributed by atoms with van der Waals surface area (Å²) in [6, 6.07) is 5.83. The van der Waals surface area contributed by atoms with Crippen LogP contribution < -0.4 is 10.2 Å². The van der Waals surface area contributed by atoms with Crippen molar-refractivity contribution in [2.24, 2.45) is 5.10 Å². The highest BCUT2D eigenvalue weighted by Gasteiger charge is 2.08. The quantitative estimate of drug-likeness (QED) is 0.274. The van der Waals surface area contributed by atoms with E-state index >= 15 is 0 Å². The Labute approximate surface area is 163 Å². The predicted octanol–water partition coefficient (Wildman–Crippen LogP) is 3.99. The zero-order chi connectivity index (χ0) is 19.5. The highest BCUT2D eigenvalue weighted by atomic mass is 32.1. The first-order chi connectivity index (χ1) is 13.2. The van der Waals surface area contributed by atoms with Crippen molar-refractivity contribution in [3.63, 3.8) is 0 Å². The Morgan fingerprint density at radius 2 is 2.22 bits per heavy atom. The molecule has 0 aliphatic rings. The van der Waals surface area contributed by atoms with Crippen molar-refractivity contribution in [3.8, 4) is 5.75 Å². The van der Waals surface area contributed by atoms with Crippen LogP contribution >= 0.6 is 11.3 Å². The van der Waals surface area contributed by atoms with Gasteiger partial charge in [0.25, 0.3) is 0 Å². The van der Waals surface area contributed by atoms with Crippen LogP contribution in [0.3, 0.4) is 0 Å². The van der Waals surface area contributed by atoms with Crippen LogP contribution in [0.4, 0.5) is 5.13 Å². The van der Waals surface area contributed by atoms with Gasteiger partial charge in [0, 0.05) is 5.38 Å². The molecule has 0 aliphatic heterocycles. The molecule has 0 unspecified atom stereocenters. The number of hydrogen-bond donors (Lipinski definition) is 1. The van der Waals surface area contributed by atoms with Gasteiger partial charge >= 0.3 is 5.97 Å². The Hall–Kier alpha value is -2.93. The van der Waals surface area contributed by atoms with Crippen molar-refractivity contribution in [2.75, 3.05) is 18.6 Å². The van der Waals surface area contributed by atoms with Gasteiger partial charge in [-0.3, -0.25) is 10.2 Å². The average molecular weight is 385 g/mol. The number of aromatic nitrogens is 1. The molecule has 0 spiro atoms. The summed E-state index contributed by atoms with van der Waals surface area (Å²) >= 11 is 1.38. The average Bonchev–Trinajstić information content (AvgIpc) is 3.08. The lowest BCUT2D eigenvalue weighted by Gasteiger charge is -2.09. The molecule has 1 heterocycles. The van der Waals surface area contributed by atoms with Gasteiger partial charge < -0.3 is 9.47 Å². The molecule has 0 saturated heterocycles. The van der Waals surface area contributed by atoms with E-state index in [1.54, 1.807) is 19.2 Å². The van der Waals surface area contributed by atoms with Gasteiger partial charge in [-0.2, -0.15) is 5.10 Å². The maximum absolute atomic E-state index is 11.5. The number of allylic oxidation sites excluding steroid dienone is 1. The van der Waals surface area contributed by atoms with Crippen LogP contribution in [-0.2, 0) is 22.4 Å². The van der Waals surface area contributed by atoms with Gasteiger partial charge in [0.05, 0.1) is 24.9 Å². The predicted molar refractivity (Wildman–Crippen MR) is 110 cm³/mol. The molecule has 2 rings (SSSR count). The maximum atomic E-state index is 11.5. The van der Waals surface area contributed by atoms with Crippen LogP contribution in [0.15, 0.2) is 54.0 Å². The van der Waals surface area contributed by atoms with Crippen molar-refractivity contribution in [1.29, 1.82) is 0 Å². The third-order valence-electron chi connectivity index (χ3n) is 3.36. The van der Waals surface area contributed by atoms with E-state index in [0.717, 1.165) is 16.9 Å². The highest BCUT2D eigenvalue weighted by molar-refractivity contribution is 7.13. The van der Waals surface area contributed by atoms with Crippen LogP contribution in [0, 0.1) is 0 Å². The van der Waals surface area contributed by atoms with Crippen LogP contribution in [0.5, 0.6) is 5.75 Å². The summed E-state index contributed by atoms with van der Waals surface area (Å²) in [6.07, 6.45) is 6.10. The Bertz CT molecular complexity index is 815. The molecule has 1 aromatic heterocycles. The Balaban J connectivity index is 1.98. The topological polar surface area (TPSA) is 72.8 Å². The molecule has 2 aromatic rings. The van der Waals surface area contributed by atoms with E-state index in [1.807, 2.05) is 29.7 Å². The normalized spacial score (nSPS) is 10.6. The van der Waals surface area contributed by atoms with Gasteiger partial charge in [-0.25, -0.2) is 4.98 Å². The monoisotopic (exact) mass is 385 g/mol. The molecular weight excluding hydrogens is 362 g/mol. The van der Waals surface area contributed by atoms with Gasteiger partial charge in [0.15, 0.2) is 0 Å². The van der Waals surface area contributed by atoms with Crippen molar-refractivity contribution >= 4 is 28.7 Å². The molecule has 0 radical (unpaired) electrons. The molecule has 0 amide bonds. The standard InChI is InChI=1S/C20H23N3O3S/c1-4-7-16-11-15(8-9-18(16)26-10-5-2)13-21-23-20-22-17(14-27-20)12-19(24)25-6-3/h4-5,8-9,11,13-14H,1-2,6-7,10,12H2,3H3,(H,22,23). The number of hydrazone groups is 1. The summed E-state index contributed by atoms with van der Waals surface area (Å²) in [5.74, 6) is 0.523. The molecular formula is C20H23N3O3S. The number of rotatable bonds is 11. The van der Waals surface area contributed by atoms with Gasteiger partial charge in [0.1, 0.15) is 12.4 Å². The van der Waals surface area contributed by atoms with Gasteiger partial charge in [-0.05, 0) is 42.7 Å². The maximum Gasteiger partial charge on any atom is 0.311 e. The van der Waals surface area contributed by atoms with Crippen LogP contribution in [-0.4, -0.2) is 30.4 Å². The fraction of sp³-hybridized carbons (Fsp3) is 0.250. The molecule has 0 saturated carbocycles. The van der Waals surface area contributed by atoms with Crippen LogP contribution in [0.25, 0.3) is 0 Å². The lowest BCUT2D eigenvalue weighted by molar-refractivity contribution is -0.142. The Kier molecular flexibility index (Phi) is 8.25. The second-order valence-electron chi connectivity index (χ2n) is 5.46. The number of nitrogens with one attached hydrogen (secondary N) is 1. The fourth-order valence-electron chi connectivity index (χ4n) is 2.25. The molecule has 1 aromatic carbocycles. The van der Waals surface area contributed by atoms with Gasteiger partial charge in [0.2, 0.25) is 5.13 Å². The summed E-state index contributed by atoms with van der Waals surface area (Å²) in [5.41, 5.74) is 5.49. The SMILES string of the molecule is C=CCOc1ccc(C=NNc2nc(CC(=O)OCC)cs2)cc1CC=C. The molecule has 7 heteroatoms. The minimum absolute atomic E-state index is 0.160. The van der Waals surface area contributed by atoms with E-state index in [2.05, 4.69) is 28.7 Å². The molecule has 6 nitrogen and oxygen atoms in total. The summed E-state index contributed by atoms with van der Waals surface area (Å²) in [6.45, 7) is 10.0. The Morgan fingerprint density at radius 3 is 2.96 bits per heavy atom. The number of carbonyl (C=O) groups is 1. The molecule has 0 atom stereocenters. The molecule has 142 valence electrons. The highest BCUT2D eigenvalue weighted by Crippen LogP contribution is 2.21. The van der Waals surface area contributed by atoms with E-state index in [-0.39, 0.29) is 12.4 Å². The molecule has 0 aliphatic carbocycles. The second kappa shape index (κ2) is 10.9. The smallest absolute Gasteiger partial charge is 0.311 e. The van der Waals surface area contributed by atoms with Crippen molar-refractivity contribution in [3.05, 3.63) is 65.7 Å². The first-order valence-corrected chi connectivity index (χ1v) is 9.40. The van der Waals surface area contributed by atoms with Crippen molar-refractivity contribution in [2.45, 2.75) is 19.8 Å². The third kappa shape index (κ3) is 6.71.